The maximum Gasteiger partial charge on any atom is 0.351 e. The highest BCUT2D eigenvalue weighted by atomic mass is 31.2. The molecule has 288 valence electrons. The Hall–Kier alpha value is -4.34. The van der Waals surface area contributed by atoms with Crippen molar-refractivity contribution in [1.82, 2.24) is 14.2 Å². The first-order valence-electron chi connectivity index (χ1n) is 18.4. The zero-order valence-electron chi connectivity index (χ0n) is 32.2. The van der Waals surface area contributed by atoms with E-state index in [1.165, 1.54) is 4.57 Å². The largest absolute Gasteiger partial charge is 0.497 e. The summed E-state index contributed by atoms with van der Waals surface area (Å²) in [6, 6.07) is 29.9. The summed E-state index contributed by atoms with van der Waals surface area (Å²) < 4.78 is 42.0. The van der Waals surface area contributed by atoms with Gasteiger partial charge in [-0.2, -0.15) is 10.2 Å². The van der Waals surface area contributed by atoms with Gasteiger partial charge in [0.05, 0.1) is 46.0 Å². The third-order valence-corrected chi connectivity index (χ3v) is 11.4. The van der Waals surface area contributed by atoms with Gasteiger partial charge >= 0.3 is 5.69 Å². The highest BCUT2D eigenvalue weighted by Crippen LogP contribution is 2.50. The molecule has 5 rings (SSSR count). The molecule has 1 saturated heterocycles. The van der Waals surface area contributed by atoms with Crippen molar-refractivity contribution in [2.75, 3.05) is 39.3 Å². The Labute approximate surface area is 319 Å². The monoisotopic (exact) mass is 757 g/mol. The van der Waals surface area contributed by atoms with Crippen LogP contribution in [0.25, 0.3) is 0 Å². The van der Waals surface area contributed by atoms with Crippen LogP contribution < -0.4 is 20.5 Å². The third kappa shape index (κ3) is 9.47. The van der Waals surface area contributed by atoms with Crippen molar-refractivity contribution in [3.63, 3.8) is 0 Å². The molecule has 0 saturated carbocycles. The van der Waals surface area contributed by atoms with Gasteiger partial charge in [-0.25, -0.2) is 9.46 Å². The lowest BCUT2D eigenvalue weighted by Crippen LogP contribution is -2.39. The molecule has 4 atom stereocenters. The van der Waals surface area contributed by atoms with Crippen LogP contribution in [0.4, 0.5) is 5.82 Å². The van der Waals surface area contributed by atoms with Gasteiger partial charge in [0.15, 0.2) is 0 Å². The number of hydrogen-bond donors (Lipinski definition) is 1. The zero-order valence-corrected chi connectivity index (χ0v) is 33.1. The summed E-state index contributed by atoms with van der Waals surface area (Å²) in [5.74, 6) is 1.93. The minimum atomic E-state index is -1.63. The van der Waals surface area contributed by atoms with E-state index in [-0.39, 0.29) is 31.7 Å². The molecule has 3 aromatic carbocycles. The molecule has 4 aromatic rings. The van der Waals surface area contributed by atoms with Crippen LogP contribution in [0, 0.1) is 11.3 Å². The second-order valence-corrected chi connectivity index (χ2v) is 14.8. The Balaban J connectivity index is 1.59. The quantitative estimate of drug-likeness (QED) is 0.0575. The average molecular weight is 758 g/mol. The zero-order chi connectivity index (χ0) is 38.7. The normalized spacial score (nSPS) is 17.8. The minimum absolute atomic E-state index is 0.0799. The van der Waals surface area contributed by atoms with Crippen molar-refractivity contribution in [1.29, 1.82) is 5.26 Å². The molecule has 12 nitrogen and oxygen atoms in total. The smallest absolute Gasteiger partial charge is 0.351 e. The minimum Gasteiger partial charge on any atom is -0.497 e. The van der Waals surface area contributed by atoms with Crippen LogP contribution in [0.1, 0.15) is 70.4 Å². The standard InChI is InChI=1S/C41H52N5O7P/c1-8-43-38-23-25-45(40(47)44-38)39-27-36(53-54(51-26-12-24-42)46(29(2)3)30(4)5)37(52-39)28-50-41(31-13-10-9-11-14-31,32-15-19-34(48-6)20-16-32)33-17-21-35(49-7)22-18-33/h9-11,13-23,25,29-30,36-37,39H,8,12,26-28H2,1-7H3,(H,43,44,47). The highest BCUT2D eigenvalue weighted by Gasteiger charge is 2.45. The molecule has 0 radical (unpaired) electrons. The molecule has 1 aliphatic heterocycles. The summed E-state index contributed by atoms with van der Waals surface area (Å²) in [5, 5.41) is 12.4. The van der Waals surface area contributed by atoms with Gasteiger partial charge in [-0.3, -0.25) is 4.57 Å². The predicted octanol–water partition coefficient (Wildman–Crippen LogP) is 7.65. The Bertz CT molecular complexity index is 1800. The molecule has 1 N–H and O–H groups in total. The molecule has 0 bridgehead atoms. The number of aromatic nitrogens is 2. The van der Waals surface area contributed by atoms with Gasteiger partial charge in [-0.1, -0.05) is 54.6 Å². The van der Waals surface area contributed by atoms with Gasteiger partial charge in [0.1, 0.15) is 35.2 Å². The van der Waals surface area contributed by atoms with E-state index in [2.05, 4.69) is 48.7 Å². The summed E-state index contributed by atoms with van der Waals surface area (Å²) in [6.07, 6.45) is 0.385. The van der Waals surface area contributed by atoms with Crippen LogP contribution in [0.5, 0.6) is 11.5 Å². The van der Waals surface area contributed by atoms with E-state index in [0.29, 0.717) is 18.8 Å². The maximum atomic E-state index is 13.4. The summed E-state index contributed by atoms with van der Waals surface area (Å²) in [7, 11) is 1.65. The molecule has 4 unspecified atom stereocenters. The lowest BCUT2D eigenvalue weighted by Gasteiger charge is -2.39. The number of benzene rings is 3. The van der Waals surface area contributed by atoms with E-state index in [4.69, 9.17) is 28.0 Å². The SMILES string of the molecule is CCNc1ccn(C2CC(OP(OCCC#N)N(C(C)C)C(C)C)C(COC(c3ccccc3)(c3ccc(OC)cc3)c3ccc(OC)cc3)O2)c(=O)n1. The van der Waals surface area contributed by atoms with Crippen molar-refractivity contribution in [3.8, 4) is 17.6 Å². The topological polar surface area (TPSA) is 129 Å². The molecular weight excluding hydrogens is 705 g/mol. The van der Waals surface area contributed by atoms with Crippen molar-refractivity contribution in [2.24, 2.45) is 0 Å². The Kier molecular flexibility index (Phi) is 14.6. The molecule has 1 aliphatic rings. The van der Waals surface area contributed by atoms with E-state index >= 15 is 0 Å². The van der Waals surface area contributed by atoms with Crippen molar-refractivity contribution >= 4 is 14.3 Å². The predicted molar refractivity (Wildman–Crippen MR) is 210 cm³/mol. The van der Waals surface area contributed by atoms with Crippen LogP contribution in [0.2, 0.25) is 0 Å². The van der Waals surface area contributed by atoms with E-state index < -0.39 is 38.3 Å². The fraction of sp³-hybridized carbons (Fsp3) is 0.439. The van der Waals surface area contributed by atoms with Crippen LogP contribution in [0.3, 0.4) is 0 Å². The number of nitriles is 1. The molecule has 0 aliphatic carbocycles. The summed E-state index contributed by atoms with van der Waals surface area (Å²) >= 11 is 0. The second-order valence-electron chi connectivity index (χ2n) is 13.4. The summed E-state index contributed by atoms with van der Waals surface area (Å²) in [5.41, 5.74) is 1.11. The first-order valence-corrected chi connectivity index (χ1v) is 19.5. The van der Waals surface area contributed by atoms with Crippen molar-refractivity contribution < 1.29 is 28.0 Å². The lowest BCUT2D eigenvalue weighted by atomic mass is 9.80. The second kappa shape index (κ2) is 19.3. The fourth-order valence-corrected chi connectivity index (χ4v) is 8.49. The van der Waals surface area contributed by atoms with Crippen LogP contribution in [-0.2, 0) is 24.1 Å². The van der Waals surface area contributed by atoms with Gasteiger partial charge in [0, 0.05) is 31.2 Å². The number of hydrogen-bond acceptors (Lipinski definition) is 11. The highest BCUT2D eigenvalue weighted by molar-refractivity contribution is 7.44. The van der Waals surface area contributed by atoms with Gasteiger partial charge in [0.25, 0.3) is 8.53 Å². The number of anilines is 1. The molecular formula is C41H52N5O7P. The van der Waals surface area contributed by atoms with E-state index in [1.54, 1.807) is 26.5 Å². The Morgan fingerprint density at radius 1 is 0.944 bits per heavy atom. The molecule has 54 heavy (non-hydrogen) atoms. The summed E-state index contributed by atoms with van der Waals surface area (Å²) in [6.45, 7) is 11.3. The van der Waals surface area contributed by atoms with Crippen LogP contribution in [0.15, 0.2) is 95.9 Å². The van der Waals surface area contributed by atoms with Crippen molar-refractivity contribution in [2.45, 2.75) is 83.6 Å². The van der Waals surface area contributed by atoms with E-state index in [0.717, 1.165) is 28.2 Å². The Morgan fingerprint density at radius 3 is 2.06 bits per heavy atom. The number of nitrogens with one attached hydrogen (secondary N) is 1. The first kappa shape index (κ1) is 40.8. The molecule has 1 fully saturated rings. The summed E-state index contributed by atoms with van der Waals surface area (Å²) in [4.78, 5) is 17.6. The van der Waals surface area contributed by atoms with Crippen molar-refractivity contribution in [3.05, 3.63) is 118 Å². The van der Waals surface area contributed by atoms with Crippen LogP contribution >= 0.6 is 8.53 Å². The fourth-order valence-electron chi connectivity index (χ4n) is 6.74. The number of ether oxygens (including phenoxy) is 4. The first-order chi connectivity index (χ1) is 26.1. The molecule has 0 spiro atoms. The van der Waals surface area contributed by atoms with Gasteiger partial charge in [-0.15, -0.1) is 0 Å². The third-order valence-electron chi connectivity index (χ3n) is 9.20. The lowest BCUT2D eigenvalue weighted by molar-refractivity contribution is -0.0925. The van der Waals surface area contributed by atoms with E-state index in [9.17, 15) is 10.1 Å². The van der Waals surface area contributed by atoms with Gasteiger partial charge in [0.2, 0.25) is 0 Å². The molecule has 0 amide bonds. The maximum absolute atomic E-state index is 13.4. The number of nitrogens with zero attached hydrogens (tertiary/aromatic N) is 4. The van der Waals surface area contributed by atoms with Gasteiger partial charge < -0.3 is 33.3 Å². The van der Waals surface area contributed by atoms with Gasteiger partial charge in [-0.05, 0) is 81.6 Å². The molecule has 13 heteroatoms. The molecule has 1 aromatic heterocycles. The number of methoxy groups -OCH3 is 2. The van der Waals surface area contributed by atoms with Crippen LogP contribution in [-0.4, -0.2) is 72.5 Å². The average Bonchev–Trinajstić information content (AvgIpc) is 3.57. The van der Waals surface area contributed by atoms with E-state index in [1.807, 2.05) is 85.8 Å². The molecule has 2 heterocycles. The number of rotatable bonds is 19. The Morgan fingerprint density at radius 2 is 1.54 bits per heavy atom.